The molecule has 0 amide bonds. The van der Waals surface area contributed by atoms with Gasteiger partial charge in [0.2, 0.25) is 0 Å². The monoisotopic (exact) mass is 303 g/mol. The second kappa shape index (κ2) is 4.92. The first kappa shape index (κ1) is 14.2. The van der Waals surface area contributed by atoms with Gasteiger partial charge in [0.1, 0.15) is 5.75 Å². The van der Waals surface area contributed by atoms with E-state index in [1.165, 1.54) is 0 Å². The van der Waals surface area contributed by atoms with Crippen molar-refractivity contribution in [2.75, 3.05) is 7.11 Å². The first-order valence-electron chi connectivity index (χ1n) is 6.99. The van der Waals surface area contributed by atoms with Gasteiger partial charge in [-0.25, -0.2) is 0 Å². The maximum atomic E-state index is 12.3. The van der Waals surface area contributed by atoms with Crippen molar-refractivity contribution in [3.8, 4) is 11.4 Å². The Morgan fingerprint density at radius 2 is 2.00 bits per heavy atom. The summed E-state index contributed by atoms with van der Waals surface area (Å²) in [5, 5.41) is 0.648. The number of ether oxygens (including phenoxy) is 1. The van der Waals surface area contributed by atoms with Gasteiger partial charge in [0.25, 0.3) is 0 Å². The number of aromatic nitrogens is 1. The first-order chi connectivity index (χ1) is 9.91. The molecule has 0 N–H and O–H groups in total. The molecule has 1 aromatic heterocycles. The largest absolute Gasteiger partial charge is 0.495 e. The van der Waals surface area contributed by atoms with E-state index in [-0.39, 0.29) is 11.2 Å². The molecule has 0 saturated carbocycles. The zero-order valence-corrected chi connectivity index (χ0v) is 13.2. The molecule has 1 heterocycles. The Morgan fingerprint density at radius 3 is 2.71 bits per heavy atom. The van der Waals surface area contributed by atoms with E-state index in [0.717, 1.165) is 29.1 Å². The first-order valence-corrected chi connectivity index (χ1v) is 7.36. The number of halogens is 1. The standard InChI is InChI=1S/C17H18ClNO2/c1-17(2)9-14-12(15(20)10-17)6-7-19(14)13-8-11(18)4-5-16(13)21-3/h4-8H,9-10H2,1-3H3. The quantitative estimate of drug-likeness (QED) is 0.828. The van der Waals surface area contributed by atoms with Crippen LogP contribution in [0.2, 0.25) is 5.02 Å². The van der Waals surface area contributed by atoms with E-state index in [1.54, 1.807) is 13.2 Å². The van der Waals surface area contributed by atoms with Gasteiger partial charge in [0.05, 0.1) is 12.8 Å². The summed E-state index contributed by atoms with van der Waals surface area (Å²) in [6, 6.07) is 7.41. The molecule has 110 valence electrons. The van der Waals surface area contributed by atoms with Crippen LogP contribution in [0, 0.1) is 5.41 Å². The maximum Gasteiger partial charge on any atom is 0.165 e. The summed E-state index contributed by atoms with van der Waals surface area (Å²) in [6.07, 6.45) is 3.38. The number of hydrogen-bond acceptors (Lipinski definition) is 2. The van der Waals surface area contributed by atoms with E-state index < -0.39 is 0 Å². The van der Waals surface area contributed by atoms with Crippen molar-refractivity contribution in [3.63, 3.8) is 0 Å². The number of methoxy groups -OCH3 is 1. The summed E-state index contributed by atoms with van der Waals surface area (Å²) in [5.74, 6) is 0.953. The third-order valence-corrected chi connectivity index (χ3v) is 4.21. The van der Waals surface area contributed by atoms with Gasteiger partial charge in [-0.05, 0) is 36.1 Å². The average Bonchev–Trinajstić information content (AvgIpc) is 2.80. The van der Waals surface area contributed by atoms with Gasteiger partial charge in [-0.15, -0.1) is 0 Å². The molecule has 3 rings (SSSR count). The van der Waals surface area contributed by atoms with Crippen molar-refractivity contribution in [1.29, 1.82) is 0 Å². The Bertz CT molecular complexity index is 716. The summed E-state index contributed by atoms with van der Waals surface area (Å²) in [5.41, 5.74) is 2.70. The van der Waals surface area contributed by atoms with Gasteiger partial charge < -0.3 is 9.30 Å². The molecule has 21 heavy (non-hydrogen) atoms. The number of fused-ring (bicyclic) bond motifs is 1. The molecule has 2 aromatic rings. The number of nitrogens with zero attached hydrogens (tertiary/aromatic N) is 1. The Hall–Kier alpha value is -1.74. The van der Waals surface area contributed by atoms with Gasteiger partial charge in [-0.1, -0.05) is 25.4 Å². The number of carbonyl (C=O) groups is 1. The fraction of sp³-hybridized carbons (Fsp3) is 0.353. The number of carbonyl (C=O) groups excluding carboxylic acids is 1. The van der Waals surface area contributed by atoms with Crippen LogP contribution in [0.25, 0.3) is 5.69 Å². The molecular weight excluding hydrogens is 286 g/mol. The Morgan fingerprint density at radius 1 is 1.24 bits per heavy atom. The highest BCUT2D eigenvalue weighted by molar-refractivity contribution is 6.30. The normalized spacial score (nSPS) is 16.7. The van der Waals surface area contributed by atoms with Crippen molar-refractivity contribution in [2.45, 2.75) is 26.7 Å². The lowest BCUT2D eigenvalue weighted by Gasteiger charge is -2.30. The van der Waals surface area contributed by atoms with Crippen LogP contribution in [-0.2, 0) is 6.42 Å². The van der Waals surface area contributed by atoms with Gasteiger partial charge in [0.15, 0.2) is 5.78 Å². The molecule has 0 unspecified atom stereocenters. The number of benzene rings is 1. The highest BCUT2D eigenvalue weighted by atomic mass is 35.5. The Labute approximate surface area is 129 Å². The molecule has 1 aliphatic rings. The molecule has 0 fully saturated rings. The minimum atomic E-state index is -0.0218. The molecule has 3 nitrogen and oxygen atoms in total. The molecule has 1 aromatic carbocycles. The minimum absolute atomic E-state index is 0.0218. The van der Waals surface area contributed by atoms with Crippen molar-refractivity contribution in [3.05, 3.63) is 46.7 Å². The molecule has 0 spiro atoms. The van der Waals surface area contributed by atoms with E-state index in [0.29, 0.717) is 11.4 Å². The lowest BCUT2D eigenvalue weighted by atomic mass is 9.76. The van der Waals surface area contributed by atoms with Crippen LogP contribution in [0.15, 0.2) is 30.5 Å². The molecular formula is C17H18ClNO2. The minimum Gasteiger partial charge on any atom is -0.495 e. The van der Waals surface area contributed by atoms with Gasteiger partial charge >= 0.3 is 0 Å². The molecule has 1 aliphatic carbocycles. The molecule has 4 heteroatoms. The van der Waals surface area contributed by atoms with Crippen molar-refractivity contribution >= 4 is 17.4 Å². The van der Waals surface area contributed by atoms with Gasteiger partial charge in [-0.2, -0.15) is 0 Å². The lowest BCUT2D eigenvalue weighted by molar-refractivity contribution is 0.0911. The topological polar surface area (TPSA) is 31.2 Å². The zero-order valence-electron chi connectivity index (χ0n) is 12.4. The predicted molar refractivity (Wildman–Crippen MR) is 83.8 cm³/mol. The molecule has 0 bridgehead atoms. The third kappa shape index (κ3) is 2.46. The highest BCUT2D eigenvalue weighted by Crippen LogP contribution is 2.38. The van der Waals surface area contributed by atoms with Gasteiger partial charge in [0, 0.05) is 28.9 Å². The Kier molecular flexibility index (Phi) is 3.33. The maximum absolute atomic E-state index is 12.3. The van der Waals surface area contributed by atoms with Crippen molar-refractivity contribution in [1.82, 2.24) is 4.57 Å². The Balaban J connectivity index is 2.18. The zero-order chi connectivity index (χ0) is 15.2. The molecule has 0 atom stereocenters. The summed E-state index contributed by atoms with van der Waals surface area (Å²) in [7, 11) is 1.64. The van der Waals surface area contributed by atoms with E-state index in [9.17, 15) is 4.79 Å². The number of hydrogen-bond donors (Lipinski definition) is 0. The smallest absolute Gasteiger partial charge is 0.165 e. The molecule has 0 aliphatic heterocycles. The fourth-order valence-electron chi connectivity index (χ4n) is 3.02. The van der Waals surface area contributed by atoms with Crippen LogP contribution in [0.5, 0.6) is 5.75 Å². The second-order valence-electron chi connectivity index (χ2n) is 6.30. The van der Waals surface area contributed by atoms with Crippen LogP contribution in [0.3, 0.4) is 0 Å². The van der Waals surface area contributed by atoms with Crippen LogP contribution >= 0.6 is 11.6 Å². The van der Waals surface area contributed by atoms with E-state index in [1.807, 2.05) is 29.0 Å². The lowest BCUT2D eigenvalue weighted by Crippen LogP contribution is -2.27. The van der Waals surface area contributed by atoms with Crippen LogP contribution in [-0.4, -0.2) is 17.5 Å². The number of ketones is 1. The van der Waals surface area contributed by atoms with Crippen molar-refractivity contribution < 1.29 is 9.53 Å². The SMILES string of the molecule is COc1ccc(Cl)cc1-n1ccc2c1CC(C)(C)CC2=O. The molecule has 0 saturated heterocycles. The van der Waals surface area contributed by atoms with Crippen LogP contribution in [0.1, 0.15) is 36.3 Å². The predicted octanol–water partition coefficient (Wildman–Crippen LogP) is 4.29. The summed E-state index contributed by atoms with van der Waals surface area (Å²) >= 11 is 6.12. The second-order valence-corrected chi connectivity index (χ2v) is 6.74. The van der Waals surface area contributed by atoms with Crippen molar-refractivity contribution in [2.24, 2.45) is 5.41 Å². The van der Waals surface area contributed by atoms with Gasteiger partial charge in [-0.3, -0.25) is 4.79 Å². The third-order valence-electron chi connectivity index (χ3n) is 3.98. The summed E-state index contributed by atoms with van der Waals surface area (Å²) in [4.78, 5) is 12.3. The average molecular weight is 304 g/mol. The fourth-order valence-corrected chi connectivity index (χ4v) is 3.19. The van der Waals surface area contributed by atoms with E-state index in [2.05, 4.69) is 13.8 Å². The molecule has 0 radical (unpaired) electrons. The summed E-state index contributed by atoms with van der Waals surface area (Å²) in [6.45, 7) is 4.25. The number of Topliss-reactive ketones (excluding diaryl/α,β-unsaturated/α-hetero) is 1. The number of rotatable bonds is 2. The van der Waals surface area contributed by atoms with Crippen LogP contribution in [0.4, 0.5) is 0 Å². The summed E-state index contributed by atoms with van der Waals surface area (Å²) < 4.78 is 7.46. The van der Waals surface area contributed by atoms with Crippen LogP contribution < -0.4 is 4.74 Å². The van der Waals surface area contributed by atoms with E-state index in [4.69, 9.17) is 16.3 Å². The highest BCUT2D eigenvalue weighted by Gasteiger charge is 2.33. The van der Waals surface area contributed by atoms with E-state index >= 15 is 0 Å².